The normalized spacial score (nSPS) is 11.8. The Morgan fingerprint density at radius 2 is 1.57 bits per heavy atom. The lowest BCUT2D eigenvalue weighted by Crippen LogP contribution is -2.04. The van der Waals surface area contributed by atoms with Crippen molar-refractivity contribution in [2.45, 2.75) is 12.7 Å². The Morgan fingerprint density at radius 3 is 2.27 bits per heavy atom. The van der Waals surface area contributed by atoms with Gasteiger partial charge in [0.1, 0.15) is 18.5 Å². The summed E-state index contributed by atoms with van der Waals surface area (Å²) in [5.41, 5.74) is 2.40. The molecule has 4 aromatic rings. The number of hydrogen-bond acceptors (Lipinski definition) is 5. The molecule has 0 spiro atoms. The van der Waals surface area contributed by atoms with Crippen LogP contribution in [0.1, 0.15) is 22.9 Å². The average molecular weight is 401 g/mol. The topological polar surface area (TPSA) is 60.8 Å². The minimum Gasteiger partial charge on any atom is -0.493 e. The third-order valence-corrected chi connectivity index (χ3v) is 5.00. The summed E-state index contributed by atoms with van der Waals surface area (Å²) in [5.74, 6) is 1.97. The third kappa shape index (κ3) is 4.07. The molecule has 5 nitrogen and oxygen atoms in total. The van der Waals surface area contributed by atoms with Crippen LogP contribution in [0.5, 0.6) is 17.2 Å². The van der Waals surface area contributed by atoms with Crippen molar-refractivity contribution in [3.05, 3.63) is 95.8 Å². The molecule has 1 heterocycles. The summed E-state index contributed by atoms with van der Waals surface area (Å²) in [6, 6.07) is 23.0. The molecule has 0 aliphatic rings. The summed E-state index contributed by atoms with van der Waals surface area (Å²) < 4.78 is 16.6. The maximum Gasteiger partial charge on any atom is 0.161 e. The standard InChI is InChI=1S/C25H23NO4/c1-28-22-14-19-12-13-26-24(21(19)15-23(22)29-2)25(27)18-8-10-20(11-9-18)30-16-17-6-4-3-5-7-17/h3-15,25,27H,16H2,1-2H3. The summed E-state index contributed by atoms with van der Waals surface area (Å²) in [5, 5.41) is 12.7. The molecule has 0 saturated carbocycles. The number of aliphatic hydroxyl groups excluding tert-OH is 1. The van der Waals surface area contributed by atoms with Gasteiger partial charge >= 0.3 is 0 Å². The number of rotatable bonds is 7. The zero-order chi connectivity index (χ0) is 20.9. The van der Waals surface area contributed by atoms with Crippen LogP contribution in [0, 0.1) is 0 Å². The van der Waals surface area contributed by atoms with Crippen molar-refractivity contribution < 1.29 is 19.3 Å². The first-order chi connectivity index (χ1) is 14.7. The predicted molar refractivity (Wildman–Crippen MR) is 116 cm³/mol. The first-order valence-electron chi connectivity index (χ1n) is 9.65. The Kier molecular flexibility index (Phi) is 5.82. The van der Waals surface area contributed by atoms with Gasteiger partial charge in [0, 0.05) is 11.6 Å². The van der Waals surface area contributed by atoms with E-state index in [0.29, 0.717) is 23.8 Å². The highest BCUT2D eigenvalue weighted by Gasteiger charge is 2.17. The van der Waals surface area contributed by atoms with Gasteiger partial charge in [0.05, 0.1) is 19.9 Å². The largest absolute Gasteiger partial charge is 0.493 e. The van der Waals surface area contributed by atoms with Crippen molar-refractivity contribution in [2.75, 3.05) is 14.2 Å². The highest BCUT2D eigenvalue weighted by atomic mass is 16.5. The van der Waals surface area contributed by atoms with E-state index < -0.39 is 6.10 Å². The fraction of sp³-hybridized carbons (Fsp3) is 0.160. The van der Waals surface area contributed by atoms with E-state index in [4.69, 9.17) is 14.2 Å². The maximum absolute atomic E-state index is 11.0. The number of aliphatic hydroxyl groups is 1. The van der Waals surface area contributed by atoms with Crippen LogP contribution in [-0.4, -0.2) is 24.3 Å². The molecule has 0 radical (unpaired) electrons. The molecule has 0 amide bonds. The Morgan fingerprint density at radius 1 is 0.867 bits per heavy atom. The molecular formula is C25H23NO4. The molecule has 1 unspecified atom stereocenters. The van der Waals surface area contributed by atoms with Gasteiger partial charge in [-0.15, -0.1) is 0 Å². The maximum atomic E-state index is 11.0. The monoisotopic (exact) mass is 401 g/mol. The van der Waals surface area contributed by atoms with Gasteiger partial charge in [-0.1, -0.05) is 42.5 Å². The molecule has 0 aliphatic heterocycles. The predicted octanol–water partition coefficient (Wildman–Crippen LogP) is 4.91. The lowest BCUT2D eigenvalue weighted by atomic mass is 10.0. The van der Waals surface area contributed by atoms with Crippen LogP contribution in [-0.2, 0) is 6.61 Å². The van der Waals surface area contributed by atoms with Crippen LogP contribution in [0.15, 0.2) is 79.0 Å². The molecule has 0 bridgehead atoms. The summed E-state index contributed by atoms with van der Waals surface area (Å²) in [6.45, 7) is 0.495. The third-order valence-electron chi connectivity index (χ3n) is 5.00. The minimum atomic E-state index is -0.880. The molecule has 5 heteroatoms. The summed E-state index contributed by atoms with van der Waals surface area (Å²) >= 11 is 0. The molecule has 3 aromatic carbocycles. The molecule has 1 N–H and O–H groups in total. The summed E-state index contributed by atoms with van der Waals surface area (Å²) in [4.78, 5) is 4.43. The van der Waals surface area contributed by atoms with Gasteiger partial charge in [-0.05, 0) is 46.8 Å². The molecule has 1 aromatic heterocycles. The average Bonchev–Trinajstić information content (AvgIpc) is 2.82. The molecule has 152 valence electrons. The lowest BCUT2D eigenvalue weighted by Gasteiger charge is -2.16. The molecule has 1 atom stereocenters. The van der Waals surface area contributed by atoms with E-state index in [9.17, 15) is 5.11 Å². The molecular weight excluding hydrogens is 378 g/mol. The van der Waals surface area contributed by atoms with Crippen LogP contribution in [0.4, 0.5) is 0 Å². The van der Waals surface area contributed by atoms with E-state index in [1.54, 1.807) is 20.4 Å². The number of ether oxygens (including phenoxy) is 3. The van der Waals surface area contributed by atoms with Crippen LogP contribution < -0.4 is 14.2 Å². The Labute approximate surface area is 175 Å². The molecule has 0 aliphatic carbocycles. The second-order valence-electron chi connectivity index (χ2n) is 6.87. The van der Waals surface area contributed by atoms with E-state index in [0.717, 1.165) is 27.6 Å². The van der Waals surface area contributed by atoms with Crippen molar-refractivity contribution in [1.82, 2.24) is 4.98 Å². The van der Waals surface area contributed by atoms with Gasteiger partial charge in [0.25, 0.3) is 0 Å². The van der Waals surface area contributed by atoms with Crippen LogP contribution in [0.2, 0.25) is 0 Å². The number of aromatic nitrogens is 1. The second kappa shape index (κ2) is 8.84. The lowest BCUT2D eigenvalue weighted by molar-refractivity contribution is 0.217. The molecule has 0 fully saturated rings. The number of nitrogens with zero attached hydrogens (tertiary/aromatic N) is 1. The van der Waals surface area contributed by atoms with E-state index in [-0.39, 0.29) is 0 Å². The molecule has 0 saturated heterocycles. The number of hydrogen-bond donors (Lipinski definition) is 1. The van der Waals surface area contributed by atoms with Crippen molar-refractivity contribution in [3.63, 3.8) is 0 Å². The zero-order valence-electron chi connectivity index (χ0n) is 16.9. The number of benzene rings is 3. The minimum absolute atomic E-state index is 0.495. The quantitative estimate of drug-likeness (QED) is 0.477. The summed E-state index contributed by atoms with van der Waals surface area (Å²) in [7, 11) is 3.19. The highest BCUT2D eigenvalue weighted by molar-refractivity contribution is 5.88. The van der Waals surface area contributed by atoms with E-state index in [1.165, 1.54) is 0 Å². The van der Waals surface area contributed by atoms with Crippen molar-refractivity contribution in [2.24, 2.45) is 0 Å². The van der Waals surface area contributed by atoms with Crippen molar-refractivity contribution in [1.29, 1.82) is 0 Å². The number of fused-ring (bicyclic) bond motifs is 1. The SMILES string of the molecule is COc1cc2ccnc(C(O)c3ccc(OCc4ccccc4)cc3)c2cc1OC. The number of pyridine rings is 1. The van der Waals surface area contributed by atoms with Crippen LogP contribution in [0.3, 0.4) is 0 Å². The number of methoxy groups -OCH3 is 2. The molecule has 30 heavy (non-hydrogen) atoms. The van der Waals surface area contributed by atoms with Crippen molar-refractivity contribution >= 4 is 10.8 Å². The Bertz CT molecular complexity index is 1130. The fourth-order valence-electron chi connectivity index (χ4n) is 3.38. The Balaban J connectivity index is 1.58. The van der Waals surface area contributed by atoms with Gasteiger partial charge < -0.3 is 19.3 Å². The Hall–Kier alpha value is -3.57. The first kappa shape index (κ1) is 19.7. The summed E-state index contributed by atoms with van der Waals surface area (Å²) in [6.07, 6.45) is 0.805. The fourth-order valence-corrected chi connectivity index (χ4v) is 3.38. The highest BCUT2D eigenvalue weighted by Crippen LogP contribution is 2.36. The molecule has 4 rings (SSSR count). The van der Waals surface area contributed by atoms with Crippen LogP contribution in [0.25, 0.3) is 10.8 Å². The smallest absolute Gasteiger partial charge is 0.161 e. The zero-order valence-corrected chi connectivity index (χ0v) is 16.9. The van der Waals surface area contributed by atoms with E-state index >= 15 is 0 Å². The first-order valence-corrected chi connectivity index (χ1v) is 9.65. The van der Waals surface area contributed by atoms with Gasteiger partial charge in [-0.3, -0.25) is 4.98 Å². The van der Waals surface area contributed by atoms with Gasteiger partial charge in [0.15, 0.2) is 11.5 Å². The van der Waals surface area contributed by atoms with Crippen LogP contribution >= 0.6 is 0 Å². The van der Waals surface area contributed by atoms with Gasteiger partial charge in [-0.2, -0.15) is 0 Å². The van der Waals surface area contributed by atoms with Gasteiger partial charge in [0.2, 0.25) is 0 Å². The van der Waals surface area contributed by atoms with Crippen molar-refractivity contribution in [3.8, 4) is 17.2 Å². The second-order valence-corrected chi connectivity index (χ2v) is 6.87. The van der Waals surface area contributed by atoms with Gasteiger partial charge in [-0.25, -0.2) is 0 Å². The van der Waals surface area contributed by atoms with E-state index in [2.05, 4.69) is 4.98 Å². The van der Waals surface area contributed by atoms with E-state index in [1.807, 2.05) is 72.8 Å².